The van der Waals surface area contributed by atoms with E-state index in [1.54, 1.807) is 0 Å². The van der Waals surface area contributed by atoms with Crippen LogP contribution in [0.3, 0.4) is 0 Å². The molecule has 0 spiro atoms. The lowest BCUT2D eigenvalue weighted by Gasteiger charge is -2.31. The molecular formula is C20H27N3O2. The third-order valence-corrected chi connectivity index (χ3v) is 4.69. The van der Waals surface area contributed by atoms with E-state index < -0.39 is 0 Å². The largest absolute Gasteiger partial charge is 0.373 e. The predicted octanol–water partition coefficient (Wildman–Crippen LogP) is 3.17. The summed E-state index contributed by atoms with van der Waals surface area (Å²) in [4.78, 5) is 12.7. The number of carbonyl (C=O) groups excluding carboxylic acids is 1. The molecule has 5 nitrogen and oxygen atoms in total. The van der Waals surface area contributed by atoms with Gasteiger partial charge in [-0.25, -0.2) is 0 Å². The number of amides is 1. The molecule has 1 amide bonds. The minimum atomic E-state index is -0.136. The van der Waals surface area contributed by atoms with Crippen molar-refractivity contribution in [1.29, 1.82) is 0 Å². The SMILES string of the molecule is Cc1ccc([C@H]2OCCC[C@H]2C(=O)NCCCn2cc(C)cn2)cc1. The molecule has 2 aromatic rings. The molecular weight excluding hydrogens is 314 g/mol. The highest BCUT2D eigenvalue weighted by molar-refractivity contribution is 5.79. The molecule has 2 atom stereocenters. The van der Waals surface area contributed by atoms with Gasteiger partial charge in [0.05, 0.1) is 18.2 Å². The summed E-state index contributed by atoms with van der Waals surface area (Å²) in [5, 5.41) is 7.35. The number of aryl methyl sites for hydroxylation is 3. The molecule has 1 aromatic carbocycles. The second kappa shape index (κ2) is 8.30. The van der Waals surface area contributed by atoms with E-state index in [2.05, 4.69) is 41.6 Å². The first-order valence-electron chi connectivity index (χ1n) is 9.08. The van der Waals surface area contributed by atoms with E-state index in [0.29, 0.717) is 6.54 Å². The molecule has 1 fully saturated rings. The number of nitrogens with zero attached hydrogens (tertiary/aromatic N) is 2. The Balaban J connectivity index is 1.52. The Kier molecular flexibility index (Phi) is 5.87. The van der Waals surface area contributed by atoms with Gasteiger partial charge < -0.3 is 10.1 Å². The van der Waals surface area contributed by atoms with Crippen LogP contribution in [0.2, 0.25) is 0 Å². The van der Waals surface area contributed by atoms with Gasteiger partial charge in [0.25, 0.3) is 0 Å². The normalized spacial score (nSPS) is 20.4. The Labute approximate surface area is 149 Å². The Morgan fingerprint density at radius 2 is 2.08 bits per heavy atom. The number of rotatable bonds is 6. The highest BCUT2D eigenvalue weighted by Gasteiger charge is 2.32. The molecule has 1 aliphatic heterocycles. The van der Waals surface area contributed by atoms with Crippen LogP contribution in [0, 0.1) is 19.8 Å². The Bertz CT molecular complexity index is 693. The number of aromatic nitrogens is 2. The maximum absolute atomic E-state index is 12.7. The molecule has 0 aliphatic carbocycles. The topological polar surface area (TPSA) is 56.1 Å². The summed E-state index contributed by atoms with van der Waals surface area (Å²) in [6, 6.07) is 8.31. The lowest BCUT2D eigenvalue weighted by molar-refractivity contribution is -0.134. The average molecular weight is 341 g/mol. The van der Waals surface area contributed by atoms with Crippen LogP contribution in [-0.4, -0.2) is 28.8 Å². The van der Waals surface area contributed by atoms with Crippen LogP contribution in [-0.2, 0) is 16.1 Å². The first kappa shape index (κ1) is 17.7. The number of benzene rings is 1. The first-order chi connectivity index (χ1) is 12.1. The molecule has 1 N–H and O–H groups in total. The van der Waals surface area contributed by atoms with Crippen LogP contribution in [0.1, 0.15) is 42.1 Å². The van der Waals surface area contributed by atoms with E-state index in [1.165, 1.54) is 5.56 Å². The second-order valence-electron chi connectivity index (χ2n) is 6.88. The van der Waals surface area contributed by atoms with Crippen LogP contribution >= 0.6 is 0 Å². The summed E-state index contributed by atoms with van der Waals surface area (Å²) >= 11 is 0. The van der Waals surface area contributed by atoms with Gasteiger partial charge in [0.1, 0.15) is 0 Å². The van der Waals surface area contributed by atoms with Gasteiger partial charge in [-0.15, -0.1) is 0 Å². The van der Waals surface area contributed by atoms with Crippen LogP contribution in [0.4, 0.5) is 0 Å². The summed E-state index contributed by atoms with van der Waals surface area (Å²) in [5.74, 6) is -0.00896. The van der Waals surface area contributed by atoms with Crippen molar-refractivity contribution in [2.24, 2.45) is 5.92 Å². The lowest BCUT2D eigenvalue weighted by atomic mass is 9.88. The van der Waals surface area contributed by atoms with Crippen molar-refractivity contribution < 1.29 is 9.53 Å². The summed E-state index contributed by atoms with van der Waals surface area (Å²) in [7, 11) is 0. The number of nitrogens with one attached hydrogen (secondary N) is 1. The van der Waals surface area contributed by atoms with Gasteiger partial charge >= 0.3 is 0 Å². The van der Waals surface area contributed by atoms with E-state index in [4.69, 9.17) is 4.74 Å². The quantitative estimate of drug-likeness (QED) is 0.821. The van der Waals surface area contributed by atoms with Gasteiger partial charge in [0, 0.05) is 25.9 Å². The van der Waals surface area contributed by atoms with Crippen molar-refractivity contribution >= 4 is 5.91 Å². The molecule has 0 bridgehead atoms. The molecule has 0 saturated carbocycles. The predicted molar refractivity (Wildman–Crippen MR) is 97.2 cm³/mol. The van der Waals surface area contributed by atoms with Gasteiger partial charge in [-0.1, -0.05) is 29.8 Å². The smallest absolute Gasteiger partial charge is 0.226 e. The molecule has 2 heterocycles. The van der Waals surface area contributed by atoms with Crippen molar-refractivity contribution in [1.82, 2.24) is 15.1 Å². The zero-order valence-corrected chi connectivity index (χ0v) is 15.1. The van der Waals surface area contributed by atoms with Crippen molar-refractivity contribution in [2.75, 3.05) is 13.2 Å². The summed E-state index contributed by atoms with van der Waals surface area (Å²) in [5.41, 5.74) is 3.47. The number of hydrogen-bond donors (Lipinski definition) is 1. The summed E-state index contributed by atoms with van der Waals surface area (Å²) < 4.78 is 7.86. The van der Waals surface area contributed by atoms with Gasteiger partial charge in [0.15, 0.2) is 0 Å². The molecule has 1 aliphatic rings. The van der Waals surface area contributed by atoms with E-state index in [9.17, 15) is 4.79 Å². The van der Waals surface area contributed by atoms with Crippen molar-refractivity contribution in [3.63, 3.8) is 0 Å². The number of hydrogen-bond acceptors (Lipinski definition) is 3. The molecule has 0 radical (unpaired) electrons. The zero-order valence-electron chi connectivity index (χ0n) is 15.1. The first-order valence-corrected chi connectivity index (χ1v) is 9.08. The van der Waals surface area contributed by atoms with E-state index in [1.807, 2.05) is 24.0 Å². The molecule has 134 valence electrons. The average Bonchev–Trinajstić information content (AvgIpc) is 3.04. The fourth-order valence-electron chi connectivity index (χ4n) is 3.31. The van der Waals surface area contributed by atoms with Gasteiger partial charge in [0.2, 0.25) is 5.91 Å². The maximum Gasteiger partial charge on any atom is 0.226 e. The molecule has 25 heavy (non-hydrogen) atoms. The highest BCUT2D eigenvalue weighted by Crippen LogP contribution is 2.33. The van der Waals surface area contributed by atoms with Crippen molar-refractivity contribution in [3.8, 4) is 0 Å². The van der Waals surface area contributed by atoms with Gasteiger partial charge in [-0.2, -0.15) is 5.10 Å². The van der Waals surface area contributed by atoms with Crippen molar-refractivity contribution in [3.05, 3.63) is 53.3 Å². The highest BCUT2D eigenvalue weighted by atomic mass is 16.5. The van der Waals surface area contributed by atoms with Crippen LogP contribution in [0.15, 0.2) is 36.7 Å². The van der Waals surface area contributed by atoms with Crippen molar-refractivity contribution in [2.45, 2.75) is 45.8 Å². The Morgan fingerprint density at radius 3 is 2.80 bits per heavy atom. The van der Waals surface area contributed by atoms with E-state index in [-0.39, 0.29) is 17.9 Å². The molecule has 3 rings (SSSR count). The maximum atomic E-state index is 12.7. The zero-order chi connectivity index (χ0) is 17.6. The van der Waals surface area contributed by atoms with Crippen LogP contribution < -0.4 is 5.32 Å². The summed E-state index contributed by atoms with van der Waals surface area (Å²) in [6.45, 7) is 6.29. The molecule has 5 heteroatoms. The van der Waals surface area contributed by atoms with Crippen LogP contribution in [0.5, 0.6) is 0 Å². The Hall–Kier alpha value is -2.14. The van der Waals surface area contributed by atoms with E-state index in [0.717, 1.165) is 43.5 Å². The summed E-state index contributed by atoms with van der Waals surface area (Å²) in [6.07, 6.45) is 6.42. The minimum Gasteiger partial charge on any atom is -0.373 e. The second-order valence-corrected chi connectivity index (χ2v) is 6.88. The number of ether oxygens (including phenoxy) is 1. The fraction of sp³-hybridized carbons (Fsp3) is 0.500. The molecule has 1 aromatic heterocycles. The number of carbonyl (C=O) groups is 1. The standard InChI is InChI=1S/C20H27N3O2/c1-15-6-8-17(9-7-15)19-18(5-3-12-25-19)20(24)21-10-4-11-23-14-16(2)13-22-23/h6-9,13-14,18-19H,3-5,10-12H2,1-2H3,(H,21,24)/t18-,19-/m1/s1. The molecule has 0 unspecified atom stereocenters. The third-order valence-electron chi connectivity index (χ3n) is 4.69. The van der Waals surface area contributed by atoms with Gasteiger partial charge in [-0.3, -0.25) is 9.48 Å². The van der Waals surface area contributed by atoms with E-state index >= 15 is 0 Å². The minimum absolute atomic E-state index is 0.0990. The monoisotopic (exact) mass is 341 g/mol. The Morgan fingerprint density at radius 1 is 1.28 bits per heavy atom. The third kappa shape index (κ3) is 4.69. The fourth-order valence-corrected chi connectivity index (χ4v) is 3.31. The van der Waals surface area contributed by atoms with Gasteiger partial charge in [-0.05, 0) is 44.2 Å². The lowest BCUT2D eigenvalue weighted by Crippen LogP contribution is -2.38. The van der Waals surface area contributed by atoms with Crippen LogP contribution in [0.25, 0.3) is 0 Å². The molecule has 1 saturated heterocycles.